The molecule has 0 saturated carbocycles. The standard InChI is InChI=1S/C25H19N3O6/c1-16-23(24(29)27(26-16)19-7-9-20(10-8-19)28(31)32)15-17-3-11-22(12-4-17)34-25(30)18-5-13-21(33-2)14-6-18/h3-15H,1-2H3. The van der Waals surface area contributed by atoms with Crippen molar-refractivity contribution in [1.29, 1.82) is 0 Å². The molecule has 1 amide bonds. The number of esters is 1. The van der Waals surface area contributed by atoms with E-state index in [2.05, 4.69) is 5.10 Å². The molecule has 3 aromatic carbocycles. The van der Waals surface area contributed by atoms with Crippen molar-refractivity contribution < 1.29 is 24.0 Å². The highest BCUT2D eigenvalue weighted by atomic mass is 16.6. The number of rotatable bonds is 6. The van der Waals surface area contributed by atoms with Crippen LogP contribution in [0.15, 0.2) is 83.5 Å². The molecule has 0 fully saturated rings. The van der Waals surface area contributed by atoms with Crippen LogP contribution in [0.5, 0.6) is 11.5 Å². The summed E-state index contributed by atoms with van der Waals surface area (Å²) in [4.78, 5) is 35.5. The van der Waals surface area contributed by atoms with Gasteiger partial charge in [-0.15, -0.1) is 0 Å². The first kappa shape index (κ1) is 22.4. The van der Waals surface area contributed by atoms with E-state index in [9.17, 15) is 19.7 Å². The van der Waals surface area contributed by atoms with Gasteiger partial charge in [0.25, 0.3) is 11.6 Å². The van der Waals surface area contributed by atoms with Crippen molar-refractivity contribution in [2.75, 3.05) is 12.1 Å². The van der Waals surface area contributed by atoms with Crippen LogP contribution in [0.25, 0.3) is 6.08 Å². The number of methoxy groups -OCH3 is 1. The van der Waals surface area contributed by atoms with Crippen molar-refractivity contribution in [3.05, 3.63) is 99.6 Å². The second-order valence-corrected chi connectivity index (χ2v) is 7.32. The van der Waals surface area contributed by atoms with Gasteiger partial charge in [0.05, 0.1) is 34.6 Å². The third-order valence-corrected chi connectivity index (χ3v) is 5.10. The predicted molar refractivity (Wildman–Crippen MR) is 126 cm³/mol. The first-order chi connectivity index (χ1) is 16.4. The Bertz CT molecular complexity index is 1310. The van der Waals surface area contributed by atoms with Crippen LogP contribution >= 0.6 is 0 Å². The quantitative estimate of drug-likeness (QED) is 0.175. The average molecular weight is 457 g/mol. The summed E-state index contributed by atoms with van der Waals surface area (Å²) in [6, 6.07) is 18.9. The van der Waals surface area contributed by atoms with Crippen LogP contribution < -0.4 is 14.5 Å². The number of hydrazone groups is 1. The number of nitro benzene ring substituents is 1. The Kier molecular flexibility index (Phi) is 6.18. The minimum absolute atomic E-state index is 0.0698. The number of non-ortho nitro benzene ring substituents is 1. The molecule has 1 aliphatic rings. The Morgan fingerprint density at radius 1 is 0.971 bits per heavy atom. The van der Waals surface area contributed by atoms with E-state index in [1.807, 2.05) is 0 Å². The molecule has 0 spiro atoms. The third-order valence-electron chi connectivity index (χ3n) is 5.10. The summed E-state index contributed by atoms with van der Waals surface area (Å²) >= 11 is 0. The molecule has 1 aliphatic heterocycles. The van der Waals surface area contributed by atoms with Gasteiger partial charge in [0, 0.05) is 12.1 Å². The first-order valence-electron chi connectivity index (χ1n) is 10.2. The molecule has 0 aliphatic carbocycles. The fourth-order valence-electron chi connectivity index (χ4n) is 3.27. The number of carbonyl (C=O) groups excluding carboxylic acids is 2. The van der Waals surface area contributed by atoms with Gasteiger partial charge in [-0.05, 0) is 67.1 Å². The van der Waals surface area contributed by atoms with Gasteiger partial charge in [-0.1, -0.05) is 12.1 Å². The molecule has 0 radical (unpaired) electrons. The summed E-state index contributed by atoms with van der Waals surface area (Å²) in [5.74, 6) is 0.155. The lowest BCUT2D eigenvalue weighted by molar-refractivity contribution is -0.384. The highest BCUT2D eigenvalue weighted by Crippen LogP contribution is 2.27. The molecule has 0 atom stereocenters. The zero-order valence-electron chi connectivity index (χ0n) is 18.3. The normalized spacial score (nSPS) is 14.2. The number of hydrogen-bond acceptors (Lipinski definition) is 7. The van der Waals surface area contributed by atoms with Crippen LogP contribution in [0.1, 0.15) is 22.8 Å². The van der Waals surface area contributed by atoms with E-state index >= 15 is 0 Å². The van der Waals surface area contributed by atoms with E-state index in [1.54, 1.807) is 68.6 Å². The number of amides is 1. The highest BCUT2D eigenvalue weighted by Gasteiger charge is 2.29. The lowest BCUT2D eigenvalue weighted by atomic mass is 10.1. The van der Waals surface area contributed by atoms with Gasteiger partial charge in [-0.3, -0.25) is 14.9 Å². The van der Waals surface area contributed by atoms with Crippen LogP contribution in [-0.2, 0) is 4.79 Å². The van der Waals surface area contributed by atoms with Gasteiger partial charge in [0.1, 0.15) is 11.5 Å². The Balaban J connectivity index is 1.46. The Hall–Kier alpha value is -4.79. The minimum Gasteiger partial charge on any atom is -0.497 e. The average Bonchev–Trinajstić information content (AvgIpc) is 3.13. The first-order valence-corrected chi connectivity index (χ1v) is 10.2. The Morgan fingerprint density at radius 2 is 1.59 bits per heavy atom. The molecule has 4 rings (SSSR count). The van der Waals surface area contributed by atoms with Crippen LogP contribution in [-0.4, -0.2) is 29.6 Å². The topological polar surface area (TPSA) is 111 Å². The van der Waals surface area contributed by atoms with Crippen LogP contribution in [0.3, 0.4) is 0 Å². The van der Waals surface area contributed by atoms with E-state index in [0.717, 1.165) is 0 Å². The molecule has 34 heavy (non-hydrogen) atoms. The van der Waals surface area contributed by atoms with Crippen molar-refractivity contribution in [3.8, 4) is 11.5 Å². The second-order valence-electron chi connectivity index (χ2n) is 7.32. The monoisotopic (exact) mass is 457 g/mol. The SMILES string of the molecule is COc1ccc(C(=O)Oc2ccc(C=C3C(=O)N(c4ccc([N+](=O)[O-])cc4)N=C3C)cc2)cc1. The lowest BCUT2D eigenvalue weighted by Gasteiger charge is -2.11. The number of ether oxygens (including phenoxy) is 2. The van der Waals surface area contributed by atoms with E-state index in [0.29, 0.717) is 39.6 Å². The summed E-state index contributed by atoms with van der Waals surface area (Å²) in [5, 5.41) is 16.3. The van der Waals surface area contributed by atoms with Gasteiger partial charge in [0.2, 0.25) is 0 Å². The van der Waals surface area contributed by atoms with Crippen molar-refractivity contribution >= 4 is 35.0 Å². The maximum atomic E-state index is 12.9. The number of carbonyl (C=O) groups is 2. The van der Waals surface area contributed by atoms with Crippen molar-refractivity contribution in [1.82, 2.24) is 0 Å². The molecule has 1 heterocycles. The summed E-state index contributed by atoms with van der Waals surface area (Å²) in [6.45, 7) is 1.71. The second kappa shape index (κ2) is 9.37. The molecule has 170 valence electrons. The molecule has 0 aromatic heterocycles. The molecule has 9 heteroatoms. The molecule has 0 unspecified atom stereocenters. The lowest BCUT2D eigenvalue weighted by Crippen LogP contribution is -2.21. The van der Waals surface area contributed by atoms with Gasteiger partial charge in [-0.2, -0.15) is 10.1 Å². The summed E-state index contributed by atoms with van der Waals surface area (Å²) in [6.07, 6.45) is 1.68. The van der Waals surface area contributed by atoms with Crippen molar-refractivity contribution in [2.45, 2.75) is 6.92 Å². The van der Waals surface area contributed by atoms with Crippen molar-refractivity contribution in [2.24, 2.45) is 5.10 Å². The number of benzene rings is 3. The van der Waals surface area contributed by atoms with E-state index in [-0.39, 0.29) is 11.6 Å². The number of nitrogens with zero attached hydrogens (tertiary/aromatic N) is 3. The Labute approximate surface area is 194 Å². The molecule has 0 saturated heterocycles. The predicted octanol–water partition coefficient (Wildman–Crippen LogP) is 4.63. The molecular weight excluding hydrogens is 438 g/mol. The van der Waals surface area contributed by atoms with Crippen LogP contribution in [0.2, 0.25) is 0 Å². The van der Waals surface area contributed by atoms with Gasteiger partial charge in [0.15, 0.2) is 0 Å². The largest absolute Gasteiger partial charge is 0.497 e. The maximum Gasteiger partial charge on any atom is 0.343 e. The van der Waals surface area contributed by atoms with Crippen LogP contribution in [0.4, 0.5) is 11.4 Å². The fourth-order valence-corrected chi connectivity index (χ4v) is 3.27. The molecule has 9 nitrogen and oxygen atoms in total. The fraction of sp³-hybridized carbons (Fsp3) is 0.0800. The zero-order valence-corrected chi connectivity index (χ0v) is 18.3. The molecule has 0 bridgehead atoms. The number of anilines is 1. The molecule has 0 N–H and O–H groups in total. The van der Waals surface area contributed by atoms with Crippen molar-refractivity contribution in [3.63, 3.8) is 0 Å². The molecular formula is C25H19N3O6. The summed E-state index contributed by atoms with van der Waals surface area (Å²) in [5.41, 5.74) is 2.37. The van der Waals surface area contributed by atoms with E-state index < -0.39 is 10.9 Å². The van der Waals surface area contributed by atoms with Gasteiger partial charge in [-0.25, -0.2) is 4.79 Å². The van der Waals surface area contributed by atoms with Gasteiger partial charge < -0.3 is 9.47 Å². The minimum atomic E-state index is -0.507. The van der Waals surface area contributed by atoms with Crippen LogP contribution in [0, 0.1) is 10.1 Å². The number of nitro groups is 1. The maximum absolute atomic E-state index is 12.9. The summed E-state index contributed by atoms with van der Waals surface area (Å²) < 4.78 is 10.5. The van der Waals surface area contributed by atoms with Gasteiger partial charge >= 0.3 is 5.97 Å². The highest BCUT2D eigenvalue weighted by molar-refractivity contribution is 6.32. The zero-order chi connectivity index (χ0) is 24.2. The molecule has 3 aromatic rings. The van der Waals surface area contributed by atoms with E-state index in [4.69, 9.17) is 9.47 Å². The van der Waals surface area contributed by atoms with E-state index in [1.165, 1.54) is 29.3 Å². The smallest absolute Gasteiger partial charge is 0.343 e. The summed E-state index contributed by atoms with van der Waals surface area (Å²) in [7, 11) is 1.55. The third kappa shape index (κ3) is 4.68. The Morgan fingerprint density at radius 3 is 2.18 bits per heavy atom. The number of hydrogen-bond donors (Lipinski definition) is 0.